The SMILES string of the molecule is CN(C)Cc1nn(C)c2c1CCN(C(=O)c1ccc(Cl)cc1)C2. The number of aromatic nitrogens is 2. The van der Waals surface area contributed by atoms with Crippen LogP contribution in [0.5, 0.6) is 0 Å². The predicted molar refractivity (Wildman–Crippen MR) is 90.5 cm³/mol. The van der Waals surface area contributed by atoms with Crippen LogP contribution in [0.2, 0.25) is 5.02 Å². The van der Waals surface area contributed by atoms with Crippen LogP contribution in [-0.2, 0) is 26.6 Å². The van der Waals surface area contributed by atoms with Crippen LogP contribution in [0, 0.1) is 0 Å². The molecule has 1 amide bonds. The normalized spacial score (nSPS) is 14.2. The molecule has 1 aliphatic rings. The summed E-state index contributed by atoms with van der Waals surface area (Å²) in [4.78, 5) is 16.7. The maximum Gasteiger partial charge on any atom is 0.254 e. The van der Waals surface area contributed by atoms with Crippen molar-refractivity contribution in [2.24, 2.45) is 7.05 Å². The number of carbonyl (C=O) groups excluding carboxylic acids is 1. The van der Waals surface area contributed by atoms with Gasteiger partial charge in [-0.3, -0.25) is 9.48 Å². The van der Waals surface area contributed by atoms with Gasteiger partial charge in [0, 0.05) is 36.3 Å². The Morgan fingerprint density at radius 1 is 1.30 bits per heavy atom. The van der Waals surface area contributed by atoms with Crippen LogP contribution in [0.1, 0.15) is 27.3 Å². The molecule has 0 N–H and O–H groups in total. The monoisotopic (exact) mass is 332 g/mol. The molecule has 3 rings (SSSR count). The van der Waals surface area contributed by atoms with Crippen LogP contribution in [0.3, 0.4) is 0 Å². The number of amides is 1. The molecule has 0 radical (unpaired) electrons. The van der Waals surface area contributed by atoms with Gasteiger partial charge < -0.3 is 9.80 Å². The molecule has 0 atom stereocenters. The van der Waals surface area contributed by atoms with E-state index in [1.54, 1.807) is 24.3 Å². The van der Waals surface area contributed by atoms with Gasteiger partial charge in [0.25, 0.3) is 5.91 Å². The van der Waals surface area contributed by atoms with Crippen LogP contribution in [0.15, 0.2) is 24.3 Å². The summed E-state index contributed by atoms with van der Waals surface area (Å²) in [6.45, 7) is 2.16. The van der Waals surface area contributed by atoms with E-state index in [0.717, 1.165) is 30.9 Å². The van der Waals surface area contributed by atoms with Crippen LogP contribution in [0.25, 0.3) is 0 Å². The Bertz CT molecular complexity index is 721. The maximum atomic E-state index is 12.7. The van der Waals surface area contributed by atoms with E-state index in [2.05, 4.69) is 10.00 Å². The van der Waals surface area contributed by atoms with Crippen molar-refractivity contribution < 1.29 is 4.79 Å². The molecule has 0 saturated heterocycles. The summed E-state index contributed by atoms with van der Waals surface area (Å²) in [5.74, 6) is 0.0441. The summed E-state index contributed by atoms with van der Waals surface area (Å²) in [5, 5.41) is 5.27. The molecular formula is C17H21ClN4O. The number of halogens is 1. The number of rotatable bonds is 3. The van der Waals surface area contributed by atoms with Crippen molar-refractivity contribution in [2.45, 2.75) is 19.5 Å². The highest BCUT2D eigenvalue weighted by molar-refractivity contribution is 6.30. The lowest BCUT2D eigenvalue weighted by molar-refractivity contribution is 0.0730. The zero-order chi connectivity index (χ0) is 16.6. The Balaban J connectivity index is 1.81. The molecule has 5 nitrogen and oxygen atoms in total. The third-order valence-corrected chi connectivity index (χ3v) is 4.43. The summed E-state index contributed by atoms with van der Waals surface area (Å²) in [6.07, 6.45) is 0.853. The minimum Gasteiger partial charge on any atom is -0.332 e. The van der Waals surface area contributed by atoms with E-state index in [-0.39, 0.29) is 5.91 Å². The Hall–Kier alpha value is -1.85. The van der Waals surface area contributed by atoms with Crippen LogP contribution >= 0.6 is 11.6 Å². The lowest BCUT2D eigenvalue weighted by atomic mass is 10.0. The average molecular weight is 333 g/mol. The largest absolute Gasteiger partial charge is 0.332 e. The Morgan fingerprint density at radius 2 is 2.00 bits per heavy atom. The number of hydrogen-bond donors (Lipinski definition) is 0. The van der Waals surface area contributed by atoms with Gasteiger partial charge >= 0.3 is 0 Å². The molecule has 6 heteroatoms. The minimum atomic E-state index is 0.0441. The van der Waals surface area contributed by atoms with E-state index in [1.807, 2.05) is 30.7 Å². The van der Waals surface area contributed by atoms with E-state index < -0.39 is 0 Å². The average Bonchev–Trinajstić information content (AvgIpc) is 2.82. The van der Waals surface area contributed by atoms with E-state index in [9.17, 15) is 4.79 Å². The molecule has 0 fully saturated rings. The van der Waals surface area contributed by atoms with E-state index in [4.69, 9.17) is 11.6 Å². The van der Waals surface area contributed by atoms with Crippen molar-refractivity contribution in [1.29, 1.82) is 0 Å². The first-order chi connectivity index (χ1) is 11.0. The molecule has 23 heavy (non-hydrogen) atoms. The third-order valence-electron chi connectivity index (χ3n) is 4.17. The second-order valence-corrected chi connectivity index (χ2v) is 6.65. The number of nitrogens with zero attached hydrogens (tertiary/aromatic N) is 4. The van der Waals surface area contributed by atoms with Crippen molar-refractivity contribution in [3.05, 3.63) is 51.8 Å². The van der Waals surface area contributed by atoms with Crippen molar-refractivity contribution in [1.82, 2.24) is 19.6 Å². The van der Waals surface area contributed by atoms with Gasteiger partial charge in [0.15, 0.2) is 0 Å². The van der Waals surface area contributed by atoms with Crippen LogP contribution in [-0.4, -0.2) is 46.1 Å². The molecule has 1 aromatic heterocycles. The van der Waals surface area contributed by atoms with Gasteiger partial charge in [-0.25, -0.2) is 0 Å². The van der Waals surface area contributed by atoms with Crippen molar-refractivity contribution in [2.75, 3.05) is 20.6 Å². The standard InChI is InChI=1S/C17H21ClN4O/c1-20(2)10-15-14-8-9-22(11-16(14)21(3)19-15)17(23)12-4-6-13(18)7-5-12/h4-7H,8-11H2,1-3H3. The predicted octanol–water partition coefficient (Wildman–Crippen LogP) is 2.33. The second kappa shape index (κ2) is 6.34. The van der Waals surface area contributed by atoms with Gasteiger partial charge in [0.1, 0.15) is 0 Å². The number of benzene rings is 1. The van der Waals surface area contributed by atoms with Gasteiger partial charge in [-0.15, -0.1) is 0 Å². The lowest BCUT2D eigenvalue weighted by Crippen LogP contribution is -2.36. The first kappa shape index (κ1) is 16.0. The molecule has 2 aromatic rings. The first-order valence-electron chi connectivity index (χ1n) is 7.69. The zero-order valence-corrected chi connectivity index (χ0v) is 14.5. The number of aryl methyl sites for hydroxylation is 1. The summed E-state index contributed by atoms with van der Waals surface area (Å²) >= 11 is 5.89. The van der Waals surface area contributed by atoms with E-state index in [0.29, 0.717) is 17.1 Å². The van der Waals surface area contributed by atoms with E-state index in [1.165, 1.54) is 5.56 Å². The van der Waals surface area contributed by atoms with Gasteiger partial charge in [-0.2, -0.15) is 5.10 Å². The van der Waals surface area contributed by atoms with E-state index >= 15 is 0 Å². The quantitative estimate of drug-likeness (QED) is 0.866. The van der Waals surface area contributed by atoms with Gasteiger partial charge in [0.05, 0.1) is 17.9 Å². The highest BCUT2D eigenvalue weighted by atomic mass is 35.5. The number of fused-ring (bicyclic) bond motifs is 1. The van der Waals surface area contributed by atoms with Gasteiger partial charge in [0.2, 0.25) is 0 Å². The van der Waals surface area contributed by atoms with Crippen molar-refractivity contribution >= 4 is 17.5 Å². The molecular weight excluding hydrogens is 312 g/mol. The van der Waals surface area contributed by atoms with Gasteiger partial charge in [-0.1, -0.05) is 11.6 Å². The maximum absolute atomic E-state index is 12.7. The molecule has 2 heterocycles. The number of hydrogen-bond acceptors (Lipinski definition) is 3. The lowest BCUT2D eigenvalue weighted by Gasteiger charge is -2.28. The minimum absolute atomic E-state index is 0.0441. The van der Waals surface area contributed by atoms with Crippen molar-refractivity contribution in [3.8, 4) is 0 Å². The van der Waals surface area contributed by atoms with Crippen molar-refractivity contribution in [3.63, 3.8) is 0 Å². The fourth-order valence-corrected chi connectivity index (χ4v) is 3.16. The molecule has 122 valence electrons. The topological polar surface area (TPSA) is 41.4 Å². The summed E-state index contributed by atoms with van der Waals surface area (Å²) < 4.78 is 1.91. The van der Waals surface area contributed by atoms with Crippen LogP contribution < -0.4 is 0 Å². The summed E-state index contributed by atoms with van der Waals surface area (Å²) in [7, 11) is 6.04. The zero-order valence-electron chi connectivity index (χ0n) is 13.7. The molecule has 0 aliphatic carbocycles. The Morgan fingerprint density at radius 3 is 2.65 bits per heavy atom. The smallest absolute Gasteiger partial charge is 0.254 e. The molecule has 0 saturated carbocycles. The summed E-state index contributed by atoms with van der Waals surface area (Å²) in [5.41, 5.74) is 4.22. The Kier molecular flexibility index (Phi) is 4.41. The number of carbonyl (C=O) groups is 1. The highest BCUT2D eigenvalue weighted by Gasteiger charge is 2.27. The fourth-order valence-electron chi connectivity index (χ4n) is 3.03. The molecule has 1 aromatic carbocycles. The van der Waals surface area contributed by atoms with Gasteiger partial charge in [-0.05, 0) is 44.8 Å². The molecule has 0 spiro atoms. The second-order valence-electron chi connectivity index (χ2n) is 6.22. The fraction of sp³-hybridized carbons (Fsp3) is 0.412. The third kappa shape index (κ3) is 3.26. The molecule has 1 aliphatic heterocycles. The Labute approximate surface area is 141 Å². The summed E-state index contributed by atoms with van der Waals surface area (Å²) in [6, 6.07) is 7.06. The molecule has 0 unspecified atom stereocenters. The highest BCUT2D eigenvalue weighted by Crippen LogP contribution is 2.24. The molecule has 0 bridgehead atoms. The first-order valence-corrected chi connectivity index (χ1v) is 8.06. The van der Waals surface area contributed by atoms with Crippen LogP contribution in [0.4, 0.5) is 0 Å².